The van der Waals surface area contributed by atoms with Gasteiger partial charge >= 0.3 is 0 Å². The van der Waals surface area contributed by atoms with Gasteiger partial charge in [0.1, 0.15) is 4.60 Å². The number of pyridine rings is 1. The maximum atomic E-state index is 5.37. The summed E-state index contributed by atoms with van der Waals surface area (Å²) in [5.41, 5.74) is 1.27. The van der Waals surface area contributed by atoms with Crippen LogP contribution in [0.3, 0.4) is 0 Å². The first kappa shape index (κ1) is 12.0. The lowest BCUT2D eigenvalue weighted by Gasteiger charge is -2.34. The summed E-state index contributed by atoms with van der Waals surface area (Å²) in [4.78, 5) is 4.41. The smallest absolute Gasteiger partial charge is 0.106 e. The summed E-state index contributed by atoms with van der Waals surface area (Å²) in [5.74, 6) is 0. The highest BCUT2D eigenvalue weighted by Crippen LogP contribution is 2.20. The zero-order valence-electron chi connectivity index (χ0n) is 9.50. The fraction of sp³-hybridized carbons (Fsp3) is 0.583. The maximum Gasteiger partial charge on any atom is 0.106 e. The molecule has 1 aliphatic rings. The quantitative estimate of drug-likeness (QED) is 0.866. The molecule has 88 valence electrons. The van der Waals surface area contributed by atoms with E-state index in [1.807, 2.05) is 18.2 Å². The van der Waals surface area contributed by atoms with Crippen LogP contribution in [-0.4, -0.2) is 23.7 Å². The Labute approximate surface area is 105 Å². The highest BCUT2D eigenvalue weighted by molar-refractivity contribution is 9.10. The van der Waals surface area contributed by atoms with Crippen molar-refractivity contribution in [2.24, 2.45) is 0 Å². The monoisotopic (exact) mass is 284 g/mol. The van der Waals surface area contributed by atoms with Gasteiger partial charge < -0.3 is 10.1 Å². The van der Waals surface area contributed by atoms with Crippen LogP contribution in [0.1, 0.15) is 25.5 Å². The predicted octanol–water partition coefficient (Wildman–Crippen LogP) is 2.50. The molecule has 0 aliphatic carbocycles. The molecule has 0 radical (unpaired) electrons. The molecule has 1 N–H and O–H groups in total. The summed E-state index contributed by atoms with van der Waals surface area (Å²) in [6, 6.07) is 6.00. The first-order valence-corrected chi connectivity index (χ1v) is 6.41. The Balaban J connectivity index is 1.91. The van der Waals surface area contributed by atoms with Gasteiger partial charge in [-0.2, -0.15) is 0 Å². The molecule has 2 heterocycles. The van der Waals surface area contributed by atoms with Gasteiger partial charge in [-0.1, -0.05) is 6.07 Å². The molecule has 1 saturated heterocycles. The number of hydrogen-bond donors (Lipinski definition) is 1. The molecule has 0 atom stereocenters. The molecule has 0 spiro atoms. The summed E-state index contributed by atoms with van der Waals surface area (Å²) in [6.45, 7) is 4.79. The SMILES string of the molecule is CC1(NCc2cccc(Br)n2)CCOCC1. The van der Waals surface area contributed by atoms with Gasteiger partial charge in [-0.15, -0.1) is 0 Å². The van der Waals surface area contributed by atoms with Crippen molar-refractivity contribution in [3.8, 4) is 0 Å². The molecule has 1 aliphatic heterocycles. The lowest BCUT2D eigenvalue weighted by molar-refractivity contribution is 0.0445. The van der Waals surface area contributed by atoms with E-state index in [1.165, 1.54) is 0 Å². The number of halogens is 1. The number of hydrogen-bond acceptors (Lipinski definition) is 3. The molecule has 3 nitrogen and oxygen atoms in total. The molecule has 0 amide bonds. The lowest BCUT2D eigenvalue weighted by Crippen LogP contribution is -2.46. The zero-order valence-corrected chi connectivity index (χ0v) is 11.1. The van der Waals surface area contributed by atoms with E-state index in [1.54, 1.807) is 0 Å². The van der Waals surface area contributed by atoms with Crippen molar-refractivity contribution in [2.45, 2.75) is 31.8 Å². The predicted molar refractivity (Wildman–Crippen MR) is 67.2 cm³/mol. The molecule has 0 aromatic carbocycles. The molecule has 0 saturated carbocycles. The van der Waals surface area contributed by atoms with E-state index in [4.69, 9.17) is 4.74 Å². The van der Waals surface area contributed by atoms with Crippen LogP contribution >= 0.6 is 15.9 Å². The average molecular weight is 285 g/mol. The Hall–Kier alpha value is -0.450. The van der Waals surface area contributed by atoms with Gasteiger partial charge in [-0.3, -0.25) is 0 Å². The zero-order chi connectivity index (χ0) is 11.4. The van der Waals surface area contributed by atoms with Gasteiger partial charge in [0, 0.05) is 25.3 Å². The largest absolute Gasteiger partial charge is 0.381 e. The second-order valence-corrected chi connectivity index (χ2v) is 5.29. The van der Waals surface area contributed by atoms with Gasteiger partial charge in [0.2, 0.25) is 0 Å². The Morgan fingerprint density at radius 2 is 2.19 bits per heavy atom. The molecule has 2 rings (SSSR count). The van der Waals surface area contributed by atoms with Crippen LogP contribution in [0.4, 0.5) is 0 Å². The van der Waals surface area contributed by atoms with Crippen molar-refractivity contribution in [3.63, 3.8) is 0 Å². The summed E-state index contributed by atoms with van der Waals surface area (Å²) >= 11 is 3.38. The van der Waals surface area contributed by atoms with E-state index in [-0.39, 0.29) is 5.54 Å². The molecule has 1 aromatic rings. The van der Waals surface area contributed by atoms with Crippen LogP contribution in [0.25, 0.3) is 0 Å². The van der Waals surface area contributed by atoms with Gasteiger partial charge in [0.05, 0.1) is 5.69 Å². The first-order valence-electron chi connectivity index (χ1n) is 5.62. The standard InChI is InChI=1S/C12H17BrN2O/c1-12(5-7-16-8-6-12)14-9-10-3-2-4-11(13)15-10/h2-4,14H,5-9H2,1H3. The van der Waals surface area contributed by atoms with Crippen LogP contribution in [0, 0.1) is 0 Å². The fourth-order valence-corrected chi connectivity index (χ4v) is 2.23. The van der Waals surface area contributed by atoms with E-state index in [0.29, 0.717) is 0 Å². The second-order valence-electron chi connectivity index (χ2n) is 4.48. The van der Waals surface area contributed by atoms with Gasteiger partial charge in [0.25, 0.3) is 0 Å². The van der Waals surface area contributed by atoms with E-state index in [2.05, 4.69) is 33.2 Å². The first-order chi connectivity index (χ1) is 7.68. The number of aromatic nitrogens is 1. The lowest BCUT2D eigenvalue weighted by atomic mass is 9.92. The number of ether oxygens (including phenoxy) is 1. The summed E-state index contributed by atoms with van der Waals surface area (Å²) in [6.07, 6.45) is 2.14. The van der Waals surface area contributed by atoms with Gasteiger partial charge in [-0.05, 0) is 47.8 Å². The number of nitrogens with zero attached hydrogens (tertiary/aromatic N) is 1. The van der Waals surface area contributed by atoms with Gasteiger partial charge in [-0.25, -0.2) is 4.98 Å². The number of nitrogens with one attached hydrogen (secondary N) is 1. The van der Waals surface area contributed by atoms with Gasteiger partial charge in [0.15, 0.2) is 0 Å². The summed E-state index contributed by atoms with van der Waals surface area (Å²) in [5, 5.41) is 3.58. The Kier molecular flexibility index (Phi) is 3.95. The summed E-state index contributed by atoms with van der Waals surface area (Å²) in [7, 11) is 0. The van der Waals surface area contributed by atoms with Crippen molar-refractivity contribution >= 4 is 15.9 Å². The van der Waals surface area contributed by atoms with Crippen LogP contribution in [-0.2, 0) is 11.3 Å². The van der Waals surface area contributed by atoms with Crippen molar-refractivity contribution in [1.29, 1.82) is 0 Å². The molecular formula is C12H17BrN2O. The van der Waals surface area contributed by atoms with E-state index < -0.39 is 0 Å². The highest BCUT2D eigenvalue weighted by atomic mass is 79.9. The topological polar surface area (TPSA) is 34.2 Å². The van der Waals surface area contributed by atoms with E-state index >= 15 is 0 Å². The van der Waals surface area contributed by atoms with E-state index in [0.717, 1.165) is 42.9 Å². The minimum atomic E-state index is 0.197. The highest BCUT2D eigenvalue weighted by Gasteiger charge is 2.26. The van der Waals surface area contributed by atoms with Crippen LogP contribution in [0.2, 0.25) is 0 Å². The molecule has 0 bridgehead atoms. The van der Waals surface area contributed by atoms with Crippen molar-refractivity contribution in [3.05, 3.63) is 28.5 Å². The average Bonchev–Trinajstić information content (AvgIpc) is 2.28. The molecule has 4 heteroatoms. The Morgan fingerprint density at radius 1 is 1.44 bits per heavy atom. The normalized spacial score (nSPS) is 19.6. The van der Waals surface area contributed by atoms with Crippen LogP contribution < -0.4 is 5.32 Å². The van der Waals surface area contributed by atoms with Crippen LogP contribution in [0.15, 0.2) is 22.8 Å². The van der Waals surface area contributed by atoms with Crippen LogP contribution in [0.5, 0.6) is 0 Å². The molecule has 1 fully saturated rings. The molecule has 16 heavy (non-hydrogen) atoms. The molecular weight excluding hydrogens is 268 g/mol. The van der Waals surface area contributed by atoms with Crippen molar-refractivity contribution < 1.29 is 4.74 Å². The van der Waals surface area contributed by atoms with Crippen molar-refractivity contribution in [2.75, 3.05) is 13.2 Å². The third-order valence-electron chi connectivity index (χ3n) is 3.07. The Morgan fingerprint density at radius 3 is 2.88 bits per heavy atom. The number of rotatable bonds is 3. The fourth-order valence-electron chi connectivity index (χ4n) is 1.85. The third-order valence-corrected chi connectivity index (χ3v) is 3.51. The minimum Gasteiger partial charge on any atom is -0.381 e. The third kappa shape index (κ3) is 3.27. The van der Waals surface area contributed by atoms with E-state index in [9.17, 15) is 0 Å². The maximum absolute atomic E-state index is 5.37. The van der Waals surface area contributed by atoms with Crippen molar-refractivity contribution in [1.82, 2.24) is 10.3 Å². The minimum absolute atomic E-state index is 0.197. The summed E-state index contributed by atoms with van der Waals surface area (Å²) < 4.78 is 6.27. The molecule has 0 unspecified atom stereocenters. The Bertz CT molecular complexity index is 351. The second kappa shape index (κ2) is 5.25. The molecule has 1 aromatic heterocycles.